The first-order valence-corrected chi connectivity index (χ1v) is 14.5. The fourth-order valence-corrected chi connectivity index (χ4v) is 8.15. The number of carbonyl (C=O) groups excluding carboxylic acids is 1. The third-order valence-corrected chi connectivity index (χ3v) is 10.1. The number of fused-ring (bicyclic) bond motifs is 3. The van der Waals surface area contributed by atoms with E-state index in [1.807, 2.05) is 24.3 Å². The lowest BCUT2D eigenvalue weighted by Gasteiger charge is -2.39. The molecule has 0 unspecified atom stereocenters. The van der Waals surface area contributed by atoms with Gasteiger partial charge in [0.25, 0.3) is 5.69 Å². The third kappa shape index (κ3) is 4.87. The number of para-hydroxylation sites is 1. The topological polar surface area (TPSA) is 72.2 Å². The Morgan fingerprint density at radius 3 is 2.42 bits per heavy atom. The maximum absolute atomic E-state index is 13.9. The van der Waals surface area contributed by atoms with E-state index in [9.17, 15) is 19.3 Å². The third-order valence-electron chi connectivity index (χ3n) is 7.73. The summed E-state index contributed by atoms with van der Waals surface area (Å²) in [5, 5.41) is 15.2. The molecule has 1 aliphatic carbocycles. The first-order valence-electron chi connectivity index (χ1n) is 12.8. The van der Waals surface area contributed by atoms with Crippen molar-refractivity contribution in [2.75, 3.05) is 5.32 Å². The van der Waals surface area contributed by atoms with E-state index in [2.05, 4.69) is 5.32 Å². The molecule has 0 bridgehead atoms. The molecule has 1 N–H and O–H groups in total. The molecule has 4 aromatic carbocycles. The second kappa shape index (κ2) is 10.9. The minimum absolute atomic E-state index is 0.0288. The van der Waals surface area contributed by atoms with E-state index in [1.54, 1.807) is 48.5 Å². The molecule has 40 heavy (non-hydrogen) atoms. The lowest BCUT2D eigenvalue weighted by Crippen LogP contribution is -2.32. The van der Waals surface area contributed by atoms with Crippen molar-refractivity contribution in [1.82, 2.24) is 0 Å². The molecule has 5 nitrogen and oxygen atoms in total. The maximum atomic E-state index is 13.9. The largest absolute Gasteiger partial charge is 0.377 e. The second-order valence-electron chi connectivity index (χ2n) is 10.0. The molecule has 0 amide bonds. The molecule has 6 rings (SSSR count). The zero-order valence-corrected chi connectivity index (χ0v) is 23.3. The first-order chi connectivity index (χ1) is 19.3. The number of nitrogens with zero attached hydrogens (tertiary/aromatic N) is 1. The number of carbonyl (C=O) groups is 1. The van der Waals surface area contributed by atoms with Crippen LogP contribution < -0.4 is 5.32 Å². The summed E-state index contributed by atoms with van der Waals surface area (Å²) in [6.07, 6.45) is 0.651. The zero-order valence-electron chi connectivity index (χ0n) is 21.0. The number of anilines is 1. The molecular formula is C31H23Cl2FN2O3S. The van der Waals surface area contributed by atoms with Crippen LogP contribution in [-0.2, 0) is 0 Å². The maximum Gasteiger partial charge on any atom is 0.282 e. The Balaban J connectivity index is 1.46. The van der Waals surface area contributed by atoms with Crippen molar-refractivity contribution in [1.29, 1.82) is 0 Å². The minimum Gasteiger partial charge on any atom is -0.377 e. The number of thioether (sulfide) groups is 1. The van der Waals surface area contributed by atoms with Crippen LogP contribution in [-0.4, -0.2) is 21.3 Å². The molecule has 0 radical (unpaired) electrons. The van der Waals surface area contributed by atoms with Crippen LogP contribution in [0.3, 0.4) is 0 Å². The van der Waals surface area contributed by atoms with Gasteiger partial charge in [0, 0.05) is 39.1 Å². The molecule has 4 aromatic rings. The lowest BCUT2D eigenvalue weighted by molar-refractivity contribution is -0.387. The summed E-state index contributed by atoms with van der Waals surface area (Å²) in [4.78, 5) is 25.5. The van der Waals surface area contributed by atoms with Gasteiger partial charge in [-0.3, -0.25) is 14.9 Å². The Kier molecular flexibility index (Phi) is 7.29. The van der Waals surface area contributed by atoms with Crippen molar-refractivity contribution in [3.63, 3.8) is 0 Å². The smallest absolute Gasteiger partial charge is 0.282 e. The molecular weight excluding hydrogens is 570 g/mol. The minimum atomic E-state index is -0.406. The van der Waals surface area contributed by atoms with E-state index < -0.39 is 5.38 Å². The van der Waals surface area contributed by atoms with Gasteiger partial charge in [-0.2, -0.15) is 0 Å². The highest BCUT2D eigenvalue weighted by Crippen LogP contribution is 2.59. The second-order valence-corrected chi connectivity index (χ2v) is 12.3. The summed E-state index contributed by atoms with van der Waals surface area (Å²) in [7, 11) is 0. The van der Waals surface area contributed by atoms with Gasteiger partial charge in [-0.05, 0) is 53.8 Å². The van der Waals surface area contributed by atoms with Gasteiger partial charge in [-0.25, -0.2) is 4.39 Å². The van der Waals surface area contributed by atoms with E-state index in [0.29, 0.717) is 33.2 Å². The summed E-state index contributed by atoms with van der Waals surface area (Å²) in [5.41, 5.74) is 3.40. The van der Waals surface area contributed by atoms with Gasteiger partial charge < -0.3 is 5.32 Å². The summed E-state index contributed by atoms with van der Waals surface area (Å²) in [5.74, 6) is -0.735. The van der Waals surface area contributed by atoms with Gasteiger partial charge in [0.1, 0.15) is 5.82 Å². The van der Waals surface area contributed by atoms with Crippen LogP contribution in [0.15, 0.2) is 95.9 Å². The molecule has 5 atom stereocenters. The van der Waals surface area contributed by atoms with E-state index in [1.165, 1.54) is 30.0 Å². The summed E-state index contributed by atoms with van der Waals surface area (Å²) < 4.78 is 13.9. The van der Waals surface area contributed by atoms with Crippen molar-refractivity contribution in [2.24, 2.45) is 5.92 Å². The lowest BCUT2D eigenvalue weighted by atomic mass is 9.76. The molecule has 202 valence electrons. The van der Waals surface area contributed by atoms with Crippen LogP contribution in [0, 0.1) is 21.8 Å². The van der Waals surface area contributed by atoms with E-state index in [-0.39, 0.29) is 45.3 Å². The molecule has 1 heterocycles. The molecule has 2 aliphatic rings. The van der Waals surface area contributed by atoms with Crippen molar-refractivity contribution < 1.29 is 14.1 Å². The van der Waals surface area contributed by atoms with Gasteiger partial charge >= 0.3 is 0 Å². The molecule has 1 fully saturated rings. The SMILES string of the molecule is O=C(c1ccccc1)c1cc(Cl)cc2c1N[C@H](c1ccc(F)cc1)[C@@H]1C[C@H](Sc3ccccc3[N+](=O)[O-])[C@H](Cl)[C@@H]21. The van der Waals surface area contributed by atoms with Crippen molar-refractivity contribution in [3.05, 3.63) is 134 Å². The number of hydrogen-bond acceptors (Lipinski definition) is 5. The average molecular weight is 594 g/mol. The van der Waals surface area contributed by atoms with E-state index >= 15 is 0 Å². The standard InChI is InChI=1S/C31H23Cl2FN2O3S/c32-19-14-21-27-22(16-26(28(27)33)40-25-9-5-4-8-24(25)36(38)39)29(17-10-12-20(34)13-11-17)35-30(21)23(15-19)31(37)18-6-2-1-3-7-18/h1-15,22,26-29,35H,16H2/t22-,26+,27+,28+,29-/m1/s1. The number of nitrogens with one attached hydrogen (secondary N) is 1. The van der Waals surface area contributed by atoms with Crippen LogP contribution in [0.4, 0.5) is 15.8 Å². The molecule has 9 heteroatoms. The van der Waals surface area contributed by atoms with Crippen molar-refractivity contribution >= 4 is 52.1 Å². The fourth-order valence-electron chi connectivity index (χ4n) is 5.98. The Bertz CT molecular complexity index is 1600. The van der Waals surface area contributed by atoms with Crippen LogP contribution in [0.5, 0.6) is 0 Å². The normalized spacial score (nSPS) is 23.1. The van der Waals surface area contributed by atoms with Gasteiger partial charge in [-0.15, -0.1) is 23.4 Å². The Labute approximate surface area is 244 Å². The summed E-state index contributed by atoms with van der Waals surface area (Å²) >= 11 is 15.2. The monoisotopic (exact) mass is 592 g/mol. The van der Waals surface area contributed by atoms with Crippen LogP contribution in [0.1, 0.15) is 45.4 Å². The van der Waals surface area contributed by atoms with Gasteiger partial charge in [0.05, 0.1) is 21.2 Å². The number of nitro groups is 1. The molecule has 1 aliphatic heterocycles. The highest BCUT2D eigenvalue weighted by Gasteiger charge is 2.51. The van der Waals surface area contributed by atoms with Crippen LogP contribution in [0.2, 0.25) is 5.02 Å². The number of halogens is 3. The number of ketones is 1. The Hall–Kier alpha value is -3.39. The molecule has 0 spiro atoms. The zero-order chi connectivity index (χ0) is 28.0. The van der Waals surface area contributed by atoms with E-state index in [0.717, 1.165) is 11.1 Å². The number of nitro benzene ring substituents is 1. The molecule has 1 saturated carbocycles. The quantitative estimate of drug-likeness (QED) is 0.105. The predicted octanol–water partition coefficient (Wildman–Crippen LogP) is 8.66. The number of rotatable bonds is 6. The molecule has 0 aromatic heterocycles. The highest BCUT2D eigenvalue weighted by atomic mass is 35.5. The van der Waals surface area contributed by atoms with Gasteiger partial charge in [-0.1, -0.05) is 66.2 Å². The summed E-state index contributed by atoms with van der Waals surface area (Å²) in [6, 6.07) is 25.3. The van der Waals surface area contributed by atoms with Gasteiger partial charge in [0.2, 0.25) is 0 Å². The van der Waals surface area contributed by atoms with E-state index in [4.69, 9.17) is 23.2 Å². The first kappa shape index (κ1) is 26.8. The van der Waals surface area contributed by atoms with Crippen LogP contribution >= 0.6 is 35.0 Å². The highest BCUT2D eigenvalue weighted by molar-refractivity contribution is 8.00. The average Bonchev–Trinajstić information content (AvgIpc) is 3.29. The number of benzene rings is 4. The fraction of sp³-hybridized carbons (Fsp3) is 0.194. The number of hydrogen-bond donors (Lipinski definition) is 1. The van der Waals surface area contributed by atoms with Crippen LogP contribution in [0.25, 0.3) is 0 Å². The Morgan fingerprint density at radius 1 is 1.00 bits per heavy atom. The summed E-state index contributed by atoms with van der Waals surface area (Å²) in [6.45, 7) is 0. The molecule has 0 saturated heterocycles. The van der Waals surface area contributed by atoms with Crippen molar-refractivity contribution in [3.8, 4) is 0 Å². The van der Waals surface area contributed by atoms with Gasteiger partial charge in [0.15, 0.2) is 5.78 Å². The Morgan fingerprint density at radius 2 is 1.70 bits per heavy atom. The van der Waals surface area contributed by atoms with Crippen molar-refractivity contribution in [2.45, 2.75) is 33.9 Å². The number of alkyl halides is 1. The predicted molar refractivity (Wildman–Crippen MR) is 157 cm³/mol.